The first-order valence-electron chi connectivity index (χ1n) is 4.90. The van der Waals surface area contributed by atoms with Gasteiger partial charge in [-0.3, -0.25) is 0 Å². The zero-order valence-corrected chi connectivity index (χ0v) is 9.35. The van der Waals surface area contributed by atoms with Gasteiger partial charge in [0.2, 0.25) is 0 Å². The summed E-state index contributed by atoms with van der Waals surface area (Å²) in [6.45, 7) is 0. The average Bonchev–Trinajstić information content (AvgIpc) is 2.27. The van der Waals surface area contributed by atoms with Gasteiger partial charge < -0.3 is 11.5 Å². The largest absolute Gasteiger partial charge is 0.374 e. The van der Waals surface area contributed by atoms with Crippen LogP contribution in [0.2, 0.25) is 0 Å². The molecule has 0 aliphatic rings. The minimum absolute atomic E-state index is 0.0272. The summed E-state index contributed by atoms with van der Waals surface area (Å²) in [6.07, 6.45) is -0.512. The minimum atomic E-state index is -0.512. The second kappa shape index (κ2) is 4.51. The Balaban J connectivity index is 2.43. The van der Waals surface area contributed by atoms with E-state index in [1.165, 1.54) is 5.39 Å². The number of halogens is 1. The molecule has 4 heteroatoms. The molecule has 3 nitrogen and oxygen atoms in total. The van der Waals surface area contributed by atoms with Crippen molar-refractivity contribution in [1.82, 2.24) is 0 Å². The lowest BCUT2D eigenvalue weighted by Crippen LogP contribution is -2.12. The van der Waals surface area contributed by atoms with E-state index in [0.717, 1.165) is 10.9 Å². The molecule has 2 aromatic rings. The lowest BCUT2D eigenvalue weighted by Gasteiger charge is -2.08. The highest BCUT2D eigenvalue weighted by Gasteiger charge is 2.04. The van der Waals surface area contributed by atoms with Gasteiger partial charge in [-0.1, -0.05) is 36.4 Å². The van der Waals surface area contributed by atoms with Crippen LogP contribution in [0, 0.1) is 0 Å². The van der Waals surface area contributed by atoms with E-state index in [-0.39, 0.29) is 5.29 Å². The van der Waals surface area contributed by atoms with Crippen LogP contribution in [0.4, 0.5) is 0 Å². The summed E-state index contributed by atoms with van der Waals surface area (Å²) in [4.78, 5) is 3.89. The molecule has 16 heavy (non-hydrogen) atoms. The van der Waals surface area contributed by atoms with Crippen molar-refractivity contribution in [3.8, 4) is 0 Å². The van der Waals surface area contributed by atoms with Crippen molar-refractivity contribution in [2.75, 3.05) is 0 Å². The quantitative estimate of drug-likeness (QED) is 0.475. The van der Waals surface area contributed by atoms with Gasteiger partial charge in [-0.2, -0.15) is 0 Å². The van der Waals surface area contributed by atoms with Crippen molar-refractivity contribution in [1.29, 1.82) is 0 Å². The normalized spacial score (nSPS) is 14.0. The fourth-order valence-electron chi connectivity index (χ4n) is 1.60. The Morgan fingerprint density at radius 3 is 2.50 bits per heavy atom. The van der Waals surface area contributed by atoms with Crippen molar-refractivity contribution >= 4 is 27.7 Å². The molecule has 0 amide bonds. The molecule has 0 aliphatic heterocycles. The van der Waals surface area contributed by atoms with E-state index < -0.39 is 6.17 Å². The molecule has 0 bridgehead atoms. The minimum Gasteiger partial charge on any atom is -0.374 e. The van der Waals surface area contributed by atoms with Crippen molar-refractivity contribution < 1.29 is 0 Å². The molecular formula is C12H12ClN3. The number of nitrogens with zero attached hydrogens (tertiary/aromatic N) is 1. The third-order valence-corrected chi connectivity index (χ3v) is 2.48. The second-order valence-corrected chi connectivity index (χ2v) is 3.89. The fourth-order valence-corrected chi connectivity index (χ4v) is 1.70. The smallest absolute Gasteiger partial charge is 0.190 e. The summed E-state index contributed by atoms with van der Waals surface area (Å²) in [6, 6.07) is 14.0. The van der Waals surface area contributed by atoms with E-state index in [9.17, 15) is 0 Å². The van der Waals surface area contributed by atoms with Gasteiger partial charge in [0.1, 0.15) is 6.17 Å². The predicted octanol–water partition coefficient (Wildman–Crippen LogP) is 2.35. The first-order valence-corrected chi connectivity index (χ1v) is 5.27. The fraction of sp³-hybridized carbons (Fsp3) is 0.0833. The van der Waals surface area contributed by atoms with Gasteiger partial charge in [0.25, 0.3) is 0 Å². The highest BCUT2D eigenvalue weighted by molar-refractivity contribution is 6.64. The van der Waals surface area contributed by atoms with Crippen molar-refractivity contribution in [3.05, 3.63) is 48.0 Å². The number of rotatable bonds is 2. The number of hydrogen-bond acceptors (Lipinski definition) is 2. The van der Waals surface area contributed by atoms with Crippen LogP contribution >= 0.6 is 11.6 Å². The monoisotopic (exact) mass is 233 g/mol. The molecule has 2 aromatic carbocycles. The molecule has 0 saturated heterocycles. The molecule has 0 fully saturated rings. The van der Waals surface area contributed by atoms with Crippen LogP contribution in [0.1, 0.15) is 11.7 Å². The molecule has 4 N–H and O–H groups in total. The maximum atomic E-state index is 5.84. The van der Waals surface area contributed by atoms with E-state index in [2.05, 4.69) is 4.99 Å². The summed E-state index contributed by atoms with van der Waals surface area (Å²) < 4.78 is 0. The number of aliphatic imine (C=N–C) groups is 1. The van der Waals surface area contributed by atoms with E-state index in [4.69, 9.17) is 23.1 Å². The van der Waals surface area contributed by atoms with Crippen LogP contribution in [-0.4, -0.2) is 5.29 Å². The number of hydrogen-bond donors (Lipinski definition) is 2. The van der Waals surface area contributed by atoms with Crippen molar-refractivity contribution in [3.63, 3.8) is 0 Å². The molecule has 1 unspecified atom stereocenters. The molecule has 2 rings (SSSR count). The Morgan fingerprint density at radius 2 is 1.81 bits per heavy atom. The van der Waals surface area contributed by atoms with Gasteiger partial charge in [-0.15, -0.1) is 0 Å². The Kier molecular flexibility index (Phi) is 3.08. The Bertz CT molecular complexity index is 533. The van der Waals surface area contributed by atoms with Gasteiger partial charge in [0.15, 0.2) is 5.29 Å². The van der Waals surface area contributed by atoms with Crippen molar-refractivity contribution in [2.24, 2.45) is 16.5 Å². The second-order valence-electron chi connectivity index (χ2n) is 3.50. The summed E-state index contributed by atoms with van der Waals surface area (Å²) in [5.41, 5.74) is 12.0. The maximum absolute atomic E-state index is 5.84. The summed E-state index contributed by atoms with van der Waals surface area (Å²) >= 11 is 5.49. The molecule has 0 aromatic heterocycles. The lowest BCUT2D eigenvalue weighted by atomic mass is 10.1. The summed E-state index contributed by atoms with van der Waals surface area (Å²) in [7, 11) is 0. The van der Waals surface area contributed by atoms with Crippen LogP contribution in [0.25, 0.3) is 10.8 Å². The van der Waals surface area contributed by atoms with E-state index in [1.807, 2.05) is 42.5 Å². The number of amidine groups is 1. The van der Waals surface area contributed by atoms with E-state index in [1.54, 1.807) is 0 Å². The Labute approximate surface area is 98.7 Å². The standard InChI is InChI=1S/C12H12ClN3/c13-12(15)16-11(14)10-6-5-8-3-1-2-4-9(8)7-10/h1-7,11H,14H2,(H2,15,16). The first-order chi connectivity index (χ1) is 7.66. The molecule has 0 aliphatic carbocycles. The molecule has 0 saturated carbocycles. The third kappa shape index (κ3) is 2.32. The summed E-state index contributed by atoms with van der Waals surface area (Å²) in [5, 5.41) is 2.26. The van der Waals surface area contributed by atoms with Gasteiger partial charge in [0, 0.05) is 0 Å². The van der Waals surface area contributed by atoms with Crippen LogP contribution in [0.15, 0.2) is 47.5 Å². The van der Waals surface area contributed by atoms with Crippen LogP contribution in [0.3, 0.4) is 0 Å². The zero-order valence-electron chi connectivity index (χ0n) is 8.60. The molecule has 0 spiro atoms. The maximum Gasteiger partial charge on any atom is 0.190 e. The lowest BCUT2D eigenvalue weighted by molar-refractivity contribution is 0.779. The van der Waals surface area contributed by atoms with E-state index in [0.29, 0.717) is 0 Å². The molecule has 0 heterocycles. The van der Waals surface area contributed by atoms with Crippen LogP contribution < -0.4 is 11.5 Å². The number of nitrogens with two attached hydrogens (primary N) is 2. The number of fused-ring (bicyclic) bond motifs is 1. The van der Waals surface area contributed by atoms with Gasteiger partial charge in [0.05, 0.1) is 0 Å². The predicted molar refractivity (Wildman–Crippen MR) is 68.4 cm³/mol. The highest BCUT2D eigenvalue weighted by Crippen LogP contribution is 2.19. The zero-order chi connectivity index (χ0) is 11.5. The Hall–Kier alpha value is -1.58. The van der Waals surface area contributed by atoms with Crippen LogP contribution in [0.5, 0.6) is 0 Å². The highest BCUT2D eigenvalue weighted by atomic mass is 35.5. The molecule has 1 atom stereocenters. The topological polar surface area (TPSA) is 64.4 Å². The molecular weight excluding hydrogens is 222 g/mol. The SMILES string of the molecule is NC(Cl)=NC(N)c1ccc2ccccc2c1. The number of benzene rings is 2. The van der Waals surface area contributed by atoms with Gasteiger partial charge in [-0.05, 0) is 34.0 Å². The molecule has 82 valence electrons. The average molecular weight is 234 g/mol. The summed E-state index contributed by atoms with van der Waals surface area (Å²) in [5.74, 6) is 0. The molecule has 0 radical (unpaired) electrons. The van der Waals surface area contributed by atoms with Crippen molar-refractivity contribution in [2.45, 2.75) is 6.17 Å². The van der Waals surface area contributed by atoms with Gasteiger partial charge >= 0.3 is 0 Å². The first kappa shape index (κ1) is 10.9. The van der Waals surface area contributed by atoms with Crippen LogP contribution in [-0.2, 0) is 0 Å². The Morgan fingerprint density at radius 1 is 1.12 bits per heavy atom. The van der Waals surface area contributed by atoms with E-state index >= 15 is 0 Å². The third-order valence-electron chi connectivity index (χ3n) is 2.38. The van der Waals surface area contributed by atoms with Gasteiger partial charge in [-0.25, -0.2) is 4.99 Å².